The number of nitrogens with two attached hydrogens (primary N) is 1. The highest BCUT2D eigenvalue weighted by Gasteiger charge is 2.46. The van der Waals surface area contributed by atoms with Crippen LogP contribution in [0.2, 0.25) is 5.15 Å². The van der Waals surface area contributed by atoms with Gasteiger partial charge in [0.1, 0.15) is 23.5 Å². The number of hydrogen-bond donors (Lipinski definition) is 6. The molecule has 7 N–H and O–H groups in total. The molecule has 202 valence electrons. The van der Waals surface area contributed by atoms with Gasteiger partial charge in [-0.15, -0.1) is 0 Å². The number of pyridine rings is 1. The predicted octanol–water partition coefficient (Wildman–Crippen LogP) is 2.11. The molecule has 2 unspecified atom stereocenters. The fourth-order valence-electron chi connectivity index (χ4n) is 3.91. The summed E-state index contributed by atoms with van der Waals surface area (Å²) in [5.41, 5.74) is 1.91. The van der Waals surface area contributed by atoms with Crippen LogP contribution < -0.4 is 11.2 Å². The maximum absolute atomic E-state index is 12.1. The van der Waals surface area contributed by atoms with Crippen molar-refractivity contribution in [2.45, 2.75) is 37.5 Å². The van der Waals surface area contributed by atoms with Crippen molar-refractivity contribution in [1.82, 2.24) is 14.8 Å². The summed E-state index contributed by atoms with van der Waals surface area (Å²) in [5, 5.41) is 29.4. The van der Waals surface area contributed by atoms with Crippen LogP contribution in [-0.4, -0.2) is 65.6 Å². The van der Waals surface area contributed by atoms with E-state index in [1.165, 1.54) is 10.9 Å². The maximum Gasteiger partial charge on any atom is 0.356 e. The van der Waals surface area contributed by atoms with E-state index in [0.717, 1.165) is 5.56 Å². The lowest BCUT2D eigenvalue weighted by Gasteiger charge is -2.19. The van der Waals surface area contributed by atoms with E-state index in [-0.39, 0.29) is 16.8 Å². The first-order valence-electron chi connectivity index (χ1n) is 10.9. The van der Waals surface area contributed by atoms with Crippen molar-refractivity contribution in [2.75, 3.05) is 17.8 Å². The Morgan fingerprint density at radius 2 is 1.92 bits per heavy atom. The molecule has 0 radical (unpaired) electrons. The van der Waals surface area contributed by atoms with Gasteiger partial charge in [0, 0.05) is 6.04 Å². The Kier molecular flexibility index (Phi) is 8.39. The lowest BCUT2D eigenvalue weighted by Crippen LogP contribution is -2.33. The number of halogens is 1. The summed E-state index contributed by atoms with van der Waals surface area (Å²) in [4.78, 5) is 23.4. The van der Waals surface area contributed by atoms with E-state index >= 15 is 0 Å². The van der Waals surface area contributed by atoms with Crippen molar-refractivity contribution in [3.05, 3.63) is 53.3 Å². The van der Waals surface area contributed by atoms with E-state index in [4.69, 9.17) is 20.9 Å². The van der Waals surface area contributed by atoms with Crippen LogP contribution in [0.4, 0.5) is 5.69 Å². The molecule has 1 aliphatic rings. The molecule has 1 fully saturated rings. The molecular weight excluding hydrogens is 552 g/mol. The Balaban J connectivity index is 1.53. The molecule has 0 saturated carbocycles. The van der Waals surface area contributed by atoms with Crippen LogP contribution >= 0.6 is 26.8 Å². The van der Waals surface area contributed by atoms with Gasteiger partial charge in [-0.1, -0.05) is 41.9 Å². The Hall–Kier alpha value is -1.93. The van der Waals surface area contributed by atoms with Gasteiger partial charge >= 0.3 is 15.2 Å². The number of rotatable bonds is 10. The summed E-state index contributed by atoms with van der Waals surface area (Å²) in [6.45, 7) is 1.28. The van der Waals surface area contributed by atoms with Crippen LogP contribution in [0.25, 0.3) is 11.0 Å². The number of aliphatic hydroxyl groups excluding tert-OH is 2. The summed E-state index contributed by atoms with van der Waals surface area (Å²) in [6.07, 6.45) is -4.11. The van der Waals surface area contributed by atoms with Crippen molar-refractivity contribution in [1.29, 1.82) is 0 Å². The number of aliphatic hydroxyl groups is 2. The van der Waals surface area contributed by atoms with Gasteiger partial charge in [-0.3, -0.25) is 9.13 Å². The minimum Gasteiger partial charge on any atom is -0.387 e. The predicted molar refractivity (Wildman–Crippen MR) is 133 cm³/mol. The zero-order valence-electron chi connectivity index (χ0n) is 19.4. The highest BCUT2D eigenvalue weighted by molar-refractivity contribution is 7.70. The van der Waals surface area contributed by atoms with Crippen molar-refractivity contribution < 1.29 is 43.0 Å². The molecule has 0 spiro atoms. The lowest BCUT2D eigenvalue weighted by atomic mass is 10.1. The standard InChI is InChI=1S/C20H26ClN5O9P2/c1-11(12-5-3-2-4-6-12)24-14-7-16(21)25-19-13(14)8-23-26(19)20-18(28)17(27)15(34-20)9-33-36(29,30)10-37(31,32)35-22/h2-8,11,15,17-18,20,27-28H,9-10,22H2,1H3,(H,24,25)(H,29,30)(H,31,32)/t11-,15+,17+,18+,20+/m0/s1. The molecule has 4 rings (SSSR count). The third-order valence-electron chi connectivity index (χ3n) is 5.75. The zero-order chi connectivity index (χ0) is 27.0. The summed E-state index contributed by atoms with van der Waals surface area (Å²) in [6, 6.07) is 11.3. The average Bonchev–Trinajstić information content (AvgIpc) is 3.38. The fraction of sp³-hybridized carbons (Fsp3) is 0.400. The van der Waals surface area contributed by atoms with Gasteiger partial charge in [-0.2, -0.15) is 5.10 Å². The third-order valence-corrected chi connectivity index (χ3v) is 9.68. The normalized spacial score (nSPS) is 26.0. The number of nitrogens with one attached hydrogen (secondary N) is 1. The number of aromatic nitrogens is 3. The van der Waals surface area contributed by atoms with E-state index in [0.29, 0.717) is 11.1 Å². The Morgan fingerprint density at radius 1 is 1.22 bits per heavy atom. The quantitative estimate of drug-likeness (QED) is 0.116. The first kappa shape index (κ1) is 28.1. The smallest absolute Gasteiger partial charge is 0.356 e. The molecule has 2 aromatic heterocycles. The van der Waals surface area contributed by atoms with Crippen molar-refractivity contribution >= 4 is 43.5 Å². The summed E-state index contributed by atoms with van der Waals surface area (Å²) in [7, 11) is -9.21. The van der Waals surface area contributed by atoms with E-state index < -0.39 is 52.2 Å². The number of fused-ring (bicyclic) bond motifs is 1. The van der Waals surface area contributed by atoms with Gasteiger partial charge in [0.25, 0.3) is 0 Å². The van der Waals surface area contributed by atoms with Gasteiger partial charge < -0.3 is 34.6 Å². The van der Waals surface area contributed by atoms with E-state index in [1.807, 2.05) is 37.3 Å². The second-order valence-corrected chi connectivity index (χ2v) is 13.0. The topological polar surface area (TPSA) is 212 Å². The van der Waals surface area contributed by atoms with Crippen molar-refractivity contribution in [3.63, 3.8) is 0 Å². The third kappa shape index (κ3) is 6.39. The molecule has 1 saturated heterocycles. The first-order valence-corrected chi connectivity index (χ1v) is 14.8. The second kappa shape index (κ2) is 11.0. The second-order valence-electron chi connectivity index (χ2n) is 8.46. The Bertz CT molecular complexity index is 1350. The fourth-order valence-corrected chi connectivity index (χ4v) is 6.88. The summed E-state index contributed by atoms with van der Waals surface area (Å²) in [5.74, 6) is 3.37. The molecule has 14 nitrogen and oxygen atoms in total. The molecule has 0 bridgehead atoms. The largest absolute Gasteiger partial charge is 0.387 e. The van der Waals surface area contributed by atoms with Crippen LogP contribution in [0.1, 0.15) is 24.8 Å². The number of anilines is 1. The number of nitrogens with zero attached hydrogens (tertiary/aromatic N) is 3. The highest BCUT2D eigenvalue weighted by Crippen LogP contribution is 2.57. The van der Waals surface area contributed by atoms with Crippen LogP contribution in [0, 0.1) is 0 Å². The zero-order valence-corrected chi connectivity index (χ0v) is 21.9. The van der Waals surface area contributed by atoms with E-state index in [2.05, 4.69) is 25.9 Å². The minimum atomic E-state index is -4.65. The van der Waals surface area contributed by atoms with Crippen molar-refractivity contribution in [3.8, 4) is 0 Å². The van der Waals surface area contributed by atoms with Gasteiger partial charge in [-0.25, -0.2) is 20.2 Å². The van der Waals surface area contributed by atoms with Gasteiger partial charge in [0.15, 0.2) is 17.8 Å². The molecule has 0 aliphatic carbocycles. The lowest BCUT2D eigenvalue weighted by molar-refractivity contribution is -0.0541. The molecule has 7 atom stereocenters. The molecular formula is C20H26ClN5O9P2. The molecule has 1 aliphatic heterocycles. The van der Waals surface area contributed by atoms with Crippen molar-refractivity contribution in [2.24, 2.45) is 5.90 Å². The molecule has 1 aromatic carbocycles. The number of ether oxygens (including phenoxy) is 1. The SMILES string of the molecule is C[C@H](Nc1cc(Cl)nc2c1cnn2[C@@H]1O[C@H](COP(=O)(O)CP(=O)(O)ON)[C@@H](O)[C@H]1O)c1ccccc1. The molecule has 0 amide bonds. The summed E-state index contributed by atoms with van der Waals surface area (Å²) < 4.78 is 39.1. The summed E-state index contributed by atoms with van der Waals surface area (Å²) >= 11 is 6.26. The van der Waals surface area contributed by atoms with Crippen LogP contribution in [-0.2, 0) is 23.0 Å². The Morgan fingerprint density at radius 3 is 2.59 bits per heavy atom. The van der Waals surface area contributed by atoms with E-state index in [1.54, 1.807) is 6.07 Å². The number of benzene rings is 1. The van der Waals surface area contributed by atoms with Crippen LogP contribution in [0.5, 0.6) is 0 Å². The number of hydrogen-bond acceptors (Lipinski definition) is 11. The van der Waals surface area contributed by atoms with Gasteiger partial charge in [0.05, 0.1) is 23.9 Å². The van der Waals surface area contributed by atoms with Crippen LogP contribution in [0.3, 0.4) is 0 Å². The minimum absolute atomic E-state index is 0.0871. The first-order chi connectivity index (χ1) is 17.4. The van der Waals surface area contributed by atoms with Gasteiger partial charge in [-0.05, 0) is 18.6 Å². The maximum atomic E-state index is 12.1. The molecule has 3 aromatic rings. The average molecular weight is 578 g/mol. The molecule has 3 heterocycles. The van der Waals surface area contributed by atoms with E-state index in [9.17, 15) is 29.1 Å². The van der Waals surface area contributed by atoms with Gasteiger partial charge in [0.2, 0.25) is 0 Å². The molecule has 17 heteroatoms. The highest BCUT2D eigenvalue weighted by atomic mass is 35.5. The Labute approximate surface area is 216 Å². The molecule has 37 heavy (non-hydrogen) atoms. The van der Waals surface area contributed by atoms with Crippen LogP contribution in [0.15, 0.2) is 42.6 Å². The monoisotopic (exact) mass is 577 g/mol.